The molecular formula is C17H25BrClN. The third-order valence-electron chi connectivity index (χ3n) is 4.61. The van der Waals surface area contributed by atoms with E-state index in [4.69, 9.17) is 11.6 Å². The summed E-state index contributed by atoms with van der Waals surface area (Å²) in [6, 6.07) is 6.68. The molecule has 3 heteroatoms. The molecule has 0 heterocycles. The van der Waals surface area contributed by atoms with Crippen molar-refractivity contribution in [1.82, 2.24) is 5.32 Å². The van der Waals surface area contributed by atoms with Gasteiger partial charge in [-0.15, -0.1) is 0 Å². The summed E-state index contributed by atoms with van der Waals surface area (Å²) in [5, 5.41) is 4.55. The Labute approximate surface area is 136 Å². The van der Waals surface area contributed by atoms with Crippen LogP contribution in [-0.2, 0) is 0 Å². The van der Waals surface area contributed by atoms with E-state index in [1.54, 1.807) is 0 Å². The average Bonchev–Trinajstić information content (AvgIpc) is 2.48. The molecule has 1 saturated carbocycles. The van der Waals surface area contributed by atoms with Crippen molar-refractivity contribution in [3.63, 3.8) is 0 Å². The zero-order chi connectivity index (χ0) is 14.5. The highest BCUT2D eigenvalue weighted by Gasteiger charge is 2.29. The van der Waals surface area contributed by atoms with Gasteiger partial charge in [-0.05, 0) is 58.8 Å². The lowest BCUT2D eigenvalue weighted by Gasteiger charge is -2.35. The van der Waals surface area contributed by atoms with E-state index >= 15 is 0 Å². The van der Waals surface area contributed by atoms with Crippen molar-refractivity contribution in [3.8, 4) is 0 Å². The van der Waals surface area contributed by atoms with Gasteiger partial charge >= 0.3 is 0 Å². The summed E-state index contributed by atoms with van der Waals surface area (Å²) in [6.07, 6.45) is 6.71. The van der Waals surface area contributed by atoms with Gasteiger partial charge in [0.25, 0.3) is 0 Å². The van der Waals surface area contributed by atoms with Crippen molar-refractivity contribution < 1.29 is 0 Å². The van der Waals surface area contributed by atoms with Gasteiger partial charge in [0.1, 0.15) is 0 Å². The molecule has 0 bridgehead atoms. The molecule has 1 nitrogen and oxygen atoms in total. The minimum Gasteiger partial charge on any atom is -0.310 e. The highest BCUT2D eigenvalue weighted by atomic mass is 79.9. The molecule has 3 atom stereocenters. The maximum atomic E-state index is 6.53. The lowest BCUT2D eigenvalue weighted by atomic mass is 9.75. The lowest BCUT2D eigenvalue weighted by molar-refractivity contribution is 0.210. The fourth-order valence-corrected chi connectivity index (χ4v) is 4.14. The highest BCUT2D eigenvalue weighted by molar-refractivity contribution is 9.10. The van der Waals surface area contributed by atoms with E-state index in [0.29, 0.717) is 12.0 Å². The summed E-state index contributed by atoms with van der Waals surface area (Å²) in [6.45, 7) is 5.49. The van der Waals surface area contributed by atoms with Gasteiger partial charge < -0.3 is 5.32 Å². The van der Waals surface area contributed by atoms with Crippen LogP contribution >= 0.6 is 27.5 Å². The normalized spacial score (nSPS) is 24.6. The summed E-state index contributed by atoms with van der Waals surface area (Å²) in [5.74, 6) is 1.60. The van der Waals surface area contributed by atoms with Gasteiger partial charge in [0, 0.05) is 10.5 Å². The van der Waals surface area contributed by atoms with Gasteiger partial charge in [0.15, 0.2) is 0 Å². The number of hydrogen-bond donors (Lipinski definition) is 1. The smallest absolute Gasteiger partial charge is 0.0595 e. The topological polar surface area (TPSA) is 12.0 Å². The van der Waals surface area contributed by atoms with E-state index in [2.05, 4.69) is 47.2 Å². The molecule has 0 aliphatic heterocycles. The molecule has 2 rings (SSSR count). The van der Waals surface area contributed by atoms with Crippen molar-refractivity contribution in [1.29, 1.82) is 0 Å². The quantitative estimate of drug-likeness (QED) is 0.683. The van der Waals surface area contributed by atoms with Crippen LogP contribution in [0.15, 0.2) is 22.7 Å². The fraction of sp³-hybridized carbons (Fsp3) is 0.647. The largest absolute Gasteiger partial charge is 0.310 e. The van der Waals surface area contributed by atoms with E-state index in [9.17, 15) is 0 Å². The lowest BCUT2D eigenvalue weighted by Crippen LogP contribution is -2.31. The van der Waals surface area contributed by atoms with E-state index in [0.717, 1.165) is 22.0 Å². The minimum atomic E-state index is 0.388. The first-order valence-electron chi connectivity index (χ1n) is 7.84. The van der Waals surface area contributed by atoms with E-state index in [1.165, 1.54) is 37.7 Å². The first-order valence-corrected chi connectivity index (χ1v) is 9.01. The van der Waals surface area contributed by atoms with Crippen LogP contribution in [0.4, 0.5) is 0 Å². The summed E-state index contributed by atoms with van der Waals surface area (Å²) in [5.41, 5.74) is 1.25. The SMILES string of the molecule is CCNC(c1cccc(Br)c1Cl)C1CCCC(CC)C1. The summed E-state index contributed by atoms with van der Waals surface area (Å²) >= 11 is 10.1. The monoisotopic (exact) mass is 357 g/mol. The third-order valence-corrected chi connectivity index (χ3v) is 5.92. The molecule has 0 aromatic heterocycles. The molecule has 0 saturated heterocycles. The predicted molar refractivity (Wildman–Crippen MR) is 91.3 cm³/mol. The number of nitrogens with one attached hydrogen (secondary N) is 1. The number of benzene rings is 1. The van der Waals surface area contributed by atoms with Gasteiger partial charge in [-0.2, -0.15) is 0 Å². The second-order valence-corrected chi connectivity index (χ2v) is 7.11. The Bertz CT molecular complexity index is 435. The Morgan fingerprint density at radius 3 is 2.85 bits per heavy atom. The van der Waals surface area contributed by atoms with Crippen LogP contribution in [0.1, 0.15) is 57.6 Å². The maximum Gasteiger partial charge on any atom is 0.0595 e. The van der Waals surface area contributed by atoms with Gasteiger partial charge in [-0.1, -0.05) is 56.8 Å². The second-order valence-electron chi connectivity index (χ2n) is 5.88. The molecule has 1 aliphatic rings. The molecular weight excluding hydrogens is 334 g/mol. The maximum absolute atomic E-state index is 6.53. The van der Waals surface area contributed by atoms with Crippen LogP contribution in [0.5, 0.6) is 0 Å². The second kappa shape index (κ2) is 7.82. The first-order chi connectivity index (χ1) is 9.67. The van der Waals surface area contributed by atoms with Crippen LogP contribution < -0.4 is 5.32 Å². The molecule has 1 fully saturated rings. The van der Waals surface area contributed by atoms with Crippen molar-refractivity contribution in [2.75, 3.05) is 6.54 Å². The summed E-state index contributed by atoms with van der Waals surface area (Å²) < 4.78 is 1.00. The zero-order valence-corrected chi connectivity index (χ0v) is 14.8. The number of halogens is 2. The van der Waals surface area contributed by atoms with Crippen molar-refractivity contribution >= 4 is 27.5 Å². The Morgan fingerprint density at radius 2 is 2.15 bits per heavy atom. The van der Waals surface area contributed by atoms with E-state index < -0.39 is 0 Å². The summed E-state index contributed by atoms with van der Waals surface area (Å²) in [4.78, 5) is 0. The summed E-state index contributed by atoms with van der Waals surface area (Å²) in [7, 11) is 0. The van der Waals surface area contributed by atoms with Crippen LogP contribution in [0, 0.1) is 11.8 Å². The Hall–Kier alpha value is -0.0500. The van der Waals surface area contributed by atoms with Crippen molar-refractivity contribution in [2.24, 2.45) is 11.8 Å². The fourth-order valence-electron chi connectivity index (χ4n) is 3.52. The highest BCUT2D eigenvalue weighted by Crippen LogP contribution is 2.41. The van der Waals surface area contributed by atoms with Gasteiger partial charge in [-0.25, -0.2) is 0 Å². The first kappa shape index (κ1) is 16.3. The molecule has 112 valence electrons. The Kier molecular flexibility index (Phi) is 6.38. The molecule has 20 heavy (non-hydrogen) atoms. The van der Waals surface area contributed by atoms with E-state index in [1.807, 2.05) is 6.07 Å². The van der Waals surface area contributed by atoms with Crippen LogP contribution in [0.25, 0.3) is 0 Å². The molecule has 1 aromatic rings. The number of rotatable bonds is 5. The third kappa shape index (κ3) is 3.78. The molecule has 0 radical (unpaired) electrons. The molecule has 0 spiro atoms. The van der Waals surface area contributed by atoms with Gasteiger partial charge in [-0.3, -0.25) is 0 Å². The van der Waals surface area contributed by atoms with Crippen LogP contribution in [0.3, 0.4) is 0 Å². The van der Waals surface area contributed by atoms with E-state index in [-0.39, 0.29) is 0 Å². The molecule has 3 unspecified atom stereocenters. The van der Waals surface area contributed by atoms with Gasteiger partial charge in [0.2, 0.25) is 0 Å². The molecule has 1 N–H and O–H groups in total. The van der Waals surface area contributed by atoms with Crippen LogP contribution in [-0.4, -0.2) is 6.54 Å². The molecule has 1 aromatic carbocycles. The van der Waals surface area contributed by atoms with Crippen molar-refractivity contribution in [3.05, 3.63) is 33.3 Å². The predicted octanol–water partition coefficient (Wildman–Crippen LogP) is 5.97. The Balaban J connectivity index is 2.23. The number of hydrogen-bond acceptors (Lipinski definition) is 1. The minimum absolute atomic E-state index is 0.388. The molecule has 1 aliphatic carbocycles. The average molecular weight is 359 g/mol. The van der Waals surface area contributed by atoms with Crippen molar-refractivity contribution in [2.45, 2.75) is 52.0 Å². The Morgan fingerprint density at radius 1 is 1.35 bits per heavy atom. The van der Waals surface area contributed by atoms with Gasteiger partial charge in [0.05, 0.1) is 5.02 Å². The zero-order valence-electron chi connectivity index (χ0n) is 12.5. The standard InChI is InChI=1S/C17H25BrClN/c1-3-12-7-5-8-13(11-12)17(20-4-2)14-9-6-10-15(18)16(14)19/h6,9-10,12-13,17,20H,3-5,7-8,11H2,1-2H3. The van der Waals surface area contributed by atoms with Crippen LogP contribution in [0.2, 0.25) is 5.02 Å². The molecule has 0 amide bonds.